The van der Waals surface area contributed by atoms with Gasteiger partial charge in [0.1, 0.15) is 6.10 Å². The summed E-state index contributed by atoms with van der Waals surface area (Å²) in [6, 6.07) is 7.05. The monoisotopic (exact) mass is 336 g/mol. The quantitative estimate of drug-likeness (QED) is 0.894. The van der Waals surface area contributed by atoms with Gasteiger partial charge < -0.3 is 19.9 Å². The van der Waals surface area contributed by atoms with Gasteiger partial charge in [0.25, 0.3) is 0 Å². The molecule has 1 aliphatic rings. The first kappa shape index (κ1) is 15.8. The maximum Gasteiger partial charge on any atom is 0.315 e. The van der Waals surface area contributed by atoms with E-state index >= 15 is 0 Å². The van der Waals surface area contributed by atoms with Gasteiger partial charge in [-0.1, -0.05) is 28.9 Å². The molecule has 2 atom stereocenters. The van der Waals surface area contributed by atoms with Crippen LogP contribution in [0.2, 0.25) is 5.02 Å². The van der Waals surface area contributed by atoms with Crippen molar-refractivity contribution in [1.29, 1.82) is 0 Å². The second-order valence-corrected chi connectivity index (χ2v) is 5.74. The highest BCUT2D eigenvalue weighted by Gasteiger charge is 2.30. The van der Waals surface area contributed by atoms with Crippen LogP contribution >= 0.6 is 11.6 Å². The number of nitrogens with one attached hydrogen (secondary N) is 2. The van der Waals surface area contributed by atoms with Gasteiger partial charge in [-0.2, -0.15) is 4.98 Å². The highest BCUT2D eigenvalue weighted by Crippen LogP contribution is 2.29. The Bertz CT molecular complexity index is 674. The van der Waals surface area contributed by atoms with Gasteiger partial charge in [-0.15, -0.1) is 0 Å². The standard InChI is InChI=1S/C15H17ClN4O3/c1-9-18-13(23-20-9)8-17-15(21)19-12-6-7-22-14(12)10-2-4-11(16)5-3-10/h2-5,12,14H,6-8H2,1H3,(H2,17,19,21). The average Bonchev–Trinajstić information content (AvgIpc) is 3.15. The van der Waals surface area contributed by atoms with Crippen LogP contribution in [0, 0.1) is 6.92 Å². The number of rotatable bonds is 4. The topological polar surface area (TPSA) is 89.3 Å². The minimum absolute atomic E-state index is 0.0967. The molecule has 122 valence electrons. The number of nitrogens with zero attached hydrogens (tertiary/aromatic N) is 2. The smallest absolute Gasteiger partial charge is 0.315 e. The second kappa shape index (κ2) is 6.97. The lowest BCUT2D eigenvalue weighted by Gasteiger charge is -2.20. The predicted octanol–water partition coefficient (Wildman–Crippen LogP) is 2.36. The Kier molecular flexibility index (Phi) is 4.78. The van der Waals surface area contributed by atoms with Gasteiger partial charge >= 0.3 is 6.03 Å². The van der Waals surface area contributed by atoms with Crippen LogP contribution < -0.4 is 10.6 Å². The third-order valence-electron chi connectivity index (χ3n) is 3.58. The maximum atomic E-state index is 12.0. The molecule has 2 N–H and O–H groups in total. The summed E-state index contributed by atoms with van der Waals surface area (Å²) in [5, 5.41) is 9.96. The molecule has 2 aromatic rings. The van der Waals surface area contributed by atoms with Crippen LogP contribution in [0.1, 0.15) is 29.8 Å². The van der Waals surface area contributed by atoms with Crippen molar-refractivity contribution in [2.45, 2.75) is 32.0 Å². The first-order valence-electron chi connectivity index (χ1n) is 7.32. The fourth-order valence-corrected chi connectivity index (χ4v) is 2.63. The minimum atomic E-state index is -0.296. The molecule has 23 heavy (non-hydrogen) atoms. The SMILES string of the molecule is Cc1noc(CNC(=O)NC2CCOC2c2ccc(Cl)cc2)n1. The number of carbonyl (C=O) groups is 1. The molecule has 0 radical (unpaired) electrons. The Morgan fingerprint density at radius 3 is 2.87 bits per heavy atom. The Hall–Kier alpha value is -2.12. The fourth-order valence-electron chi connectivity index (χ4n) is 2.51. The largest absolute Gasteiger partial charge is 0.371 e. The van der Waals surface area contributed by atoms with Crippen molar-refractivity contribution in [3.8, 4) is 0 Å². The molecule has 8 heteroatoms. The number of aromatic nitrogens is 2. The molecule has 0 aliphatic carbocycles. The average molecular weight is 337 g/mol. The van der Waals surface area contributed by atoms with Crippen molar-refractivity contribution in [3.63, 3.8) is 0 Å². The van der Waals surface area contributed by atoms with Crippen LogP contribution in [0.5, 0.6) is 0 Å². The Balaban J connectivity index is 1.55. The van der Waals surface area contributed by atoms with Crippen LogP contribution in [-0.4, -0.2) is 28.8 Å². The third kappa shape index (κ3) is 4.00. The summed E-state index contributed by atoms with van der Waals surface area (Å²) in [4.78, 5) is 16.0. The molecule has 1 fully saturated rings. The first-order valence-corrected chi connectivity index (χ1v) is 7.70. The van der Waals surface area contributed by atoms with E-state index in [1.165, 1.54) is 0 Å². The lowest BCUT2D eigenvalue weighted by atomic mass is 10.0. The Morgan fingerprint density at radius 2 is 2.17 bits per heavy atom. The molecule has 3 rings (SSSR count). The van der Waals surface area contributed by atoms with E-state index in [1.54, 1.807) is 6.92 Å². The summed E-state index contributed by atoms with van der Waals surface area (Å²) in [6.45, 7) is 2.51. The molecule has 0 saturated carbocycles. The number of aryl methyl sites for hydroxylation is 1. The van der Waals surface area contributed by atoms with Gasteiger partial charge in [0.15, 0.2) is 5.82 Å². The van der Waals surface area contributed by atoms with Crippen LogP contribution in [0.25, 0.3) is 0 Å². The van der Waals surface area contributed by atoms with Gasteiger partial charge in [-0.05, 0) is 31.0 Å². The van der Waals surface area contributed by atoms with Crippen molar-refractivity contribution in [2.24, 2.45) is 0 Å². The van der Waals surface area contributed by atoms with Crippen molar-refractivity contribution >= 4 is 17.6 Å². The zero-order valence-corrected chi connectivity index (χ0v) is 13.3. The second-order valence-electron chi connectivity index (χ2n) is 5.30. The lowest BCUT2D eigenvalue weighted by Crippen LogP contribution is -2.43. The van der Waals surface area contributed by atoms with Crippen LogP contribution in [0.15, 0.2) is 28.8 Å². The number of hydrogen-bond acceptors (Lipinski definition) is 5. The van der Waals surface area contributed by atoms with Gasteiger partial charge in [-0.3, -0.25) is 0 Å². The molecule has 7 nitrogen and oxygen atoms in total. The molecule has 2 amide bonds. The molecule has 1 aromatic carbocycles. The number of amides is 2. The predicted molar refractivity (Wildman–Crippen MR) is 83.0 cm³/mol. The first-order chi connectivity index (χ1) is 11.1. The summed E-state index contributed by atoms with van der Waals surface area (Å²) < 4.78 is 10.7. The Morgan fingerprint density at radius 1 is 1.39 bits per heavy atom. The van der Waals surface area contributed by atoms with Gasteiger partial charge in [0, 0.05) is 11.6 Å². The van der Waals surface area contributed by atoms with Gasteiger partial charge in [-0.25, -0.2) is 4.79 Å². The molecule has 1 aromatic heterocycles. The van der Waals surface area contributed by atoms with Crippen molar-refractivity contribution < 1.29 is 14.1 Å². The third-order valence-corrected chi connectivity index (χ3v) is 3.83. The maximum absolute atomic E-state index is 12.0. The highest BCUT2D eigenvalue weighted by atomic mass is 35.5. The zero-order chi connectivity index (χ0) is 16.2. The van der Waals surface area contributed by atoms with Gasteiger partial charge in [0.2, 0.25) is 5.89 Å². The van der Waals surface area contributed by atoms with Crippen molar-refractivity contribution in [2.75, 3.05) is 6.61 Å². The molecule has 0 spiro atoms. The number of hydrogen-bond donors (Lipinski definition) is 2. The van der Waals surface area contributed by atoms with Crippen molar-refractivity contribution in [1.82, 2.24) is 20.8 Å². The number of benzene rings is 1. The minimum Gasteiger partial charge on any atom is -0.371 e. The number of ether oxygens (including phenoxy) is 1. The van der Waals surface area contributed by atoms with E-state index in [0.717, 1.165) is 12.0 Å². The summed E-state index contributed by atoms with van der Waals surface area (Å²) in [5.74, 6) is 0.906. The zero-order valence-electron chi connectivity index (χ0n) is 12.6. The summed E-state index contributed by atoms with van der Waals surface area (Å²) in [7, 11) is 0. The van der Waals surface area contributed by atoms with Crippen LogP contribution in [0.4, 0.5) is 4.79 Å². The van der Waals surface area contributed by atoms with E-state index < -0.39 is 0 Å². The molecular formula is C15H17ClN4O3. The summed E-state index contributed by atoms with van der Waals surface area (Å²) in [6.07, 6.45) is 0.573. The normalized spacial score (nSPS) is 20.4. The van der Waals surface area contributed by atoms with Crippen LogP contribution in [0.3, 0.4) is 0 Å². The number of halogens is 1. The fraction of sp³-hybridized carbons (Fsp3) is 0.400. The van der Waals surface area contributed by atoms with Crippen LogP contribution in [-0.2, 0) is 11.3 Å². The van der Waals surface area contributed by atoms with E-state index in [2.05, 4.69) is 20.8 Å². The highest BCUT2D eigenvalue weighted by molar-refractivity contribution is 6.30. The molecule has 1 saturated heterocycles. The Labute approximate surface area is 138 Å². The van der Waals surface area contributed by atoms with Gasteiger partial charge in [0.05, 0.1) is 12.6 Å². The van der Waals surface area contributed by atoms with E-state index in [4.69, 9.17) is 20.9 Å². The molecule has 2 heterocycles. The van der Waals surface area contributed by atoms with E-state index in [-0.39, 0.29) is 24.7 Å². The summed E-state index contributed by atoms with van der Waals surface area (Å²) >= 11 is 5.90. The lowest BCUT2D eigenvalue weighted by molar-refractivity contribution is 0.0999. The molecule has 1 aliphatic heterocycles. The van der Waals surface area contributed by atoms with Crippen molar-refractivity contribution in [3.05, 3.63) is 46.6 Å². The number of urea groups is 1. The van der Waals surface area contributed by atoms with E-state index in [9.17, 15) is 4.79 Å². The summed E-state index contributed by atoms with van der Waals surface area (Å²) in [5.41, 5.74) is 0.990. The van der Waals surface area contributed by atoms with E-state index in [1.807, 2.05) is 24.3 Å². The molecule has 2 unspecified atom stereocenters. The molecular weight excluding hydrogens is 320 g/mol. The van der Waals surface area contributed by atoms with E-state index in [0.29, 0.717) is 23.3 Å². The molecule has 0 bridgehead atoms. The number of carbonyl (C=O) groups excluding carboxylic acids is 1.